The van der Waals surface area contributed by atoms with Crippen molar-refractivity contribution in [3.8, 4) is 5.75 Å². The van der Waals surface area contributed by atoms with Crippen molar-refractivity contribution >= 4 is 0 Å². The van der Waals surface area contributed by atoms with E-state index in [-0.39, 0.29) is 0 Å². The molecule has 0 aliphatic carbocycles. The van der Waals surface area contributed by atoms with E-state index in [9.17, 15) is 5.11 Å². The quantitative estimate of drug-likeness (QED) is 0.688. The first kappa shape index (κ1) is 17.2. The Hall–Kier alpha value is -2.58. The lowest BCUT2D eigenvalue weighted by atomic mass is 9.76. The minimum absolute atomic E-state index is 0.775. The molecule has 3 rings (SSSR count). The van der Waals surface area contributed by atoms with Crippen LogP contribution in [0.2, 0.25) is 0 Å². The number of hydrogen-bond acceptors (Lipinski definition) is 2. The predicted octanol–water partition coefficient (Wildman–Crippen LogP) is 4.90. The van der Waals surface area contributed by atoms with Gasteiger partial charge in [0, 0.05) is 0 Å². The Morgan fingerprint density at radius 3 is 1.80 bits per heavy atom. The molecule has 1 atom stereocenters. The monoisotopic (exact) mass is 332 g/mol. The molecular weight excluding hydrogens is 308 g/mol. The molecule has 0 heterocycles. The van der Waals surface area contributed by atoms with E-state index in [4.69, 9.17) is 4.74 Å². The summed E-state index contributed by atoms with van der Waals surface area (Å²) in [4.78, 5) is 0. The van der Waals surface area contributed by atoms with E-state index in [1.54, 1.807) is 7.11 Å². The molecule has 0 radical (unpaired) electrons. The van der Waals surface area contributed by atoms with Crippen LogP contribution in [-0.2, 0) is 5.60 Å². The van der Waals surface area contributed by atoms with E-state index < -0.39 is 5.60 Å². The third kappa shape index (κ3) is 3.06. The fourth-order valence-electron chi connectivity index (χ4n) is 3.72. The van der Waals surface area contributed by atoms with Crippen LogP contribution in [0.25, 0.3) is 0 Å². The van der Waals surface area contributed by atoms with Gasteiger partial charge >= 0.3 is 0 Å². The van der Waals surface area contributed by atoms with Gasteiger partial charge in [-0.25, -0.2) is 0 Å². The molecule has 0 aliphatic heterocycles. The lowest BCUT2D eigenvalue weighted by molar-refractivity contribution is 0.124. The summed E-state index contributed by atoms with van der Waals surface area (Å²) >= 11 is 0. The second kappa shape index (κ2) is 6.73. The Morgan fingerprint density at radius 1 is 0.760 bits per heavy atom. The minimum Gasteiger partial charge on any atom is -0.497 e. The van der Waals surface area contributed by atoms with Crippen LogP contribution in [0, 0.1) is 20.8 Å². The zero-order valence-corrected chi connectivity index (χ0v) is 15.2. The SMILES string of the molecule is COc1ccc(C(O)(c2ccccc2)c2c(C)cc(C)cc2C)cc1. The fourth-order valence-corrected chi connectivity index (χ4v) is 3.72. The van der Waals surface area contributed by atoms with Crippen molar-refractivity contribution in [2.45, 2.75) is 26.4 Å². The minimum atomic E-state index is -1.21. The highest BCUT2D eigenvalue weighted by atomic mass is 16.5. The molecule has 1 N–H and O–H groups in total. The molecule has 0 saturated heterocycles. The number of aliphatic hydroxyl groups is 1. The molecule has 0 aliphatic rings. The summed E-state index contributed by atoms with van der Waals surface area (Å²) in [7, 11) is 1.65. The number of methoxy groups -OCH3 is 1. The van der Waals surface area contributed by atoms with E-state index in [2.05, 4.69) is 32.9 Å². The Bertz CT molecular complexity index is 843. The molecule has 25 heavy (non-hydrogen) atoms. The average Bonchev–Trinajstić information content (AvgIpc) is 2.61. The van der Waals surface area contributed by atoms with Crippen molar-refractivity contribution in [2.24, 2.45) is 0 Å². The third-order valence-electron chi connectivity index (χ3n) is 4.74. The Morgan fingerprint density at radius 2 is 1.28 bits per heavy atom. The Kier molecular flexibility index (Phi) is 4.65. The fraction of sp³-hybridized carbons (Fsp3) is 0.217. The molecule has 0 saturated carbocycles. The Labute approximate surface area is 149 Å². The molecule has 0 bridgehead atoms. The van der Waals surface area contributed by atoms with Crippen LogP contribution < -0.4 is 4.74 Å². The first-order valence-electron chi connectivity index (χ1n) is 8.47. The van der Waals surface area contributed by atoms with Crippen LogP contribution >= 0.6 is 0 Å². The number of rotatable bonds is 4. The highest BCUT2D eigenvalue weighted by molar-refractivity contribution is 5.54. The zero-order chi connectivity index (χ0) is 18.0. The van der Waals surface area contributed by atoms with Crippen LogP contribution in [0.5, 0.6) is 5.75 Å². The number of benzene rings is 3. The summed E-state index contributed by atoms with van der Waals surface area (Å²) in [6, 6.07) is 21.7. The van der Waals surface area contributed by atoms with Gasteiger partial charge in [0.05, 0.1) is 7.11 Å². The van der Waals surface area contributed by atoms with Gasteiger partial charge < -0.3 is 9.84 Å². The average molecular weight is 332 g/mol. The van der Waals surface area contributed by atoms with Crippen LogP contribution in [0.3, 0.4) is 0 Å². The Balaban J connectivity index is 2.30. The summed E-state index contributed by atoms with van der Waals surface area (Å²) in [6.07, 6.45) is 0. The predicted molar refractivity (Wildman–Crippen MR) is 102 cm³/mol. The van der Waals surface area contributed by atoms with Gasteiger partial charge in [-0.2, -0.15) is 0 Å². The van der Waals surface area contributed by atoms with E-state index >= 15 is 0 Å². The van der Waals surface area contributed by atoms with Crippen molar-refractivity contribution < 1.29 is 9.84 Å². The van der Waals surface area contributed by atoms with Gasteiger partial charge in [0.25, 0.3) is 0 Å². The van der Waals surface area contributed by atoms with Gasteiger partial charge in [0.2, 0.25) is 0 Å². The van der Waals surface area contributed by atoms with Crippen molar-refractivity contribution in [2.75, 3.05) is 7.11 Å². The maximum absolute atomic E-state index is 12.0. The van der Waals surface area contributed by atoms with E-state index in [1.165, 1.54) is 5.56 Å². The highest BCUT2D eigenvalue weighted by Gasteiger charge is 2.36. The molecule has 0 spiro atoms. The lowest BCUT2D eigenvalue weighted by Gasteiger charge is -2.33. The molecule has 1 unspecified atom stereocenters. The second-order valence-electron chi connectivity index (χ2n) is 6.58. The summed E-state index contributed by atoms with van der Waals surface area (Å²) in [5.41, 5.74) is 4.78. The van der Waals surface area contributed by atoms with Gasteiger partial charge in [-0.05, 0) is 60.7 Å². The maximum atomic E-state index is 12.0. The smallest absolute Gasteiger partial charge is 0.141 e. The molecule has 0 aromatic heterocycles. The zero-order valence-electron chi connectivity index (χ0n) is 15.2. The molecule has 0 amide bonds. The molecule has 3 aromatic rings. The summed E-state index contributed by atoms with van der Waals surface area (Å²) in [6.45, 7) is 6.21. The summed E-state index contributed by atoms with van der Waals surface area (Å²) in [5, 5.41) is 12.0. The second-order valence-corrected chi connectivity index (χ2v) is 6.58. The molecule has 2 nitrogen and oxygen atoms in total. The van der Waals surface area contributed by atoms with Crippen molar-refractivity contribution in [3.05, 3.63) is 100 Å². The maximum Gasteiger partial charge on any atom is 0.141 e. The van der Waals surface area contributed by atoms with Gasteiger partial charge in [-0.15, -0.1) is 0 Å². The van der Waals surface area contributed by atoms with Gasteiger partial charge in [-0.3, -0.25) is 0 Å². The number of aryl methyl sites for hydroxylation is 3. The van der Waals surface area contributed by atoms with E-state index in [0.717, 1.165) is 33.6 Å². The molecule has 0 fully saturated rings. The number of ether oxygens (including phenoxy) is 1. The van der Waals surface area contributed by atoms with Gasteiger partial charge in [0.15, 0.2) is 0 Å². The first-order valence-corrected chi connectivity index (χ1v) is 8.47. The highest BCUT2D eigenvalue weighted by Crippen LogP contribution is 2.40. The number of hydrogen-bond donors (Lipinski definition) is 1. The van der Waals surface area contributed by atoms with Gasteiger partial charge in [-0.1, -0.05) is 60.2 Å². The van der Waals surface area contributed by atoms with Crippen molar-refractivity contribution in [3.63, 3.8) is 0 Å². The summed E-state index contributed by atoms with van der Waals surface area (Å²) < 4.78 is 5.27. The molecule has 3 aromatic carbocycles. The standard InChI is InChI=1S/C23H24O2/c1-16-14-17(2)22(18(3)15-16)23(24,19-8-6-5-7-9-19)20-10-12-21(25-4)13-11-20/h5-15,24H,1-4H3. The summed E-state index contributed by atoms with van der Waals surface area (Å²) in [5.74, 6) is 0.775. The largest absolute Gasteiger partial charge is 0.497 e. The first-order chi connectivity index (χ1) is 12.0. The van der Waals surface area contributed by atoms with Crippen LogP contribution in [0.15, 0.2) is 66.7 Å². The van der Waals surface area contributed by atoms with Crippen LogP contribution in [-0.4, -0.2) is 12.2 Å². The van der Waals surface area contributed by atoms with Crippen LogP contribution in [0.4, 0.5) is 0 Å². The topological polar surface area (TPSA) is 29.5 Å². The van der Waals surface area contributed by atoms with E-state index in [1.807, 2.05) is 54.6 Å². The third-order valence-corrected chi connectivity index (χ3v) is 4.74. The normalized spacial score (nSPS) is 13.3. The van der Waals surface area contributed by atoms with Crippen molar-refractivity contribution in [1.29, 1.82) is 0 Å². The van der Waals surface area contributed by atoms with E-state index in [0.29, 0.717) is 0 Å². The van der Waals surface area contributed by atoms with Crippen LogP contribution in [0.1, 0.15) is 33.4 Å². The molecule has 2 heteroatoms. The van der Waals surface area contributed by atoms with Gasteiger partial charge in [0.1, 0.15) is 11.4 Å². The molecule has 128 valence electrons. The lowest BCUT2D eigenvalue weighted by Crippen LogP contribution is -2.31. The van der Waals surface area contributed by atoms with Crippen molar-refractivity contribution in [1.82, 2.24) is 0 Å². The molecular formula is C23H24O2.